The van der Waals surface area contributed by atoms with E-state index in [4.69, 9.17) is 9.47 Å². The van der Waals surface area contributed by atoms with E-state index in [1.165, 1.54) is 30.2 Å². The number of ether oxygens (including phenoxy) is 2. The van der Waals surface area contributed by atoms with Crippen LogP contribution < -0.4 is 4.74 Å². The first-order valence-electron chi connectivity index (χ1n) is 8.08. The average molecular weight is 359 g/mol. The largest absolute Gasteiger partial charge is 0.455 e. The highest BCUT2D eigenvalue weighted by molar-refractivity contribution is 5.92. The van der Waals surface area contributed by atoms with E-state index in [0.29, 0.717) is 23.9 Å². The highest BCUT2D eigenvalue weighted by Gasteiger charge is 2.33. The Kier molecular flexibility index (Phi) is 4.97. The number of carbonyl (C=O) groups is 2. The van der Waals surface area contributed by atoms with Crippen molar-refractivity contribution in [2.24, 2.45) is 0 Å². The molecule has 26 heavy (non-hydrogen) atoms. The lowest BCUT2D eigenvalue weighted by Gasteiger charge is -2.21. The molecular formula is C17H17N3O6. The zero-order valence-electron chi connectivity index (χ0n) is 14.1. The predicted octanol–water partition coefficient (Wildman–Crippen LogP) is 2.03. The Morgan fingerprint density at radius 3 is 2.92 bits per heavy atom. The van der Waals surface area contributed by atoms with Crippen molar-refractivity contribution in [3.8, 4) is 5.75 Å². The Hall–Kier alpha value is -3.23. The number of likely N-dealkylation sites (tertiary alicyclic amines) is 1. The van der Waals surface area contributed by atoms with Crippen LogP contribution in [-0.4, -0.2) is 46.1 Å². The van der Waals surface area contributed by atoms with Gasteiger partial charge < -0.3 is 14.4 Å². The average Bonchev–Trinajstić information content (AvgIpc) is 3.11. The summed E-state index contributed by atoms with van der Waals surface area (Å²) in [6.45, 7) is 1.58. The van der Waals surface area contributed by atoms with Gasteiger partial charge in [-0.3, -0.25) is 19.9 Å². The number of pyridine rings is 1. The third-order valence-corrected chi connectivity index (χ3v) is 4.25. The predicted molar refractivity (Wildman–Crippen MR) is 90.4 cm³/mol. The third-order valence-electron chi connectivity index (χ3n) is 4.25. The monoisotopic (exact) mass is 359 g/mol. The molecule has 0 spiro atoms. The van der Waals surface area contributed by atoms with Gasteiger partial charge >= 0.3 is 5.97 Å². The molecule has 2 aromatic rings. The molecule has 1 saturated heterocycles. The zero-order valence-corrected chi connectivity index (χ0v) is 14.1. The summed E-state index contributed by atoms with van der Waals surface area (Å²) >= 11 is 0. The second-order valence-electron chi connectivity index (χ2n) is 5.84. The second-order valence-corrected chi connectivity index (χ2v) is 5.84. The van der Waals surface area contributed by atoms with Crippen LogP contribution in [0.25, 0.3) is 10.9 Å². The molecule has 0 N–H and O–H groups in total. The van der Waals surface area contributed by atoms with Crippen LogP contribution in [-0.2, 0) is 14.3 Å². The molecule has 2 heterocycles. The van der Waals surface area contributed by atoms with Crippen LogP contribution in [0.3, 0.4) is 0 Å². The molecule has 1 aromatic heterocycles. The summed E-state index contributed by atoms with van der Waals surface area (Å²) in [4.78, 5) is 39.9. The van der Waals surface area contributed by atoms with Crippen molar-refractivity contribution in [1.82, 2.24) is 9.88 Å². The van der Waals surface area contributed by atoms with Crippen molar-refractivity contribution in [1.29, 1.82) is 0 Å². The number of fused-ring (bicyclic) bond motifs is 1. The van der Waals surface area contributed by atoms with Gasteiger partial charge in [0.1, 0.15) is 17.3 Å². The lowest BCUT2D eigenvalue weighted by Crippen LogP contribution is -2.40. The smallest absolute Gasteiger partial charge is 0.331 e. The van der Waals surface area contributed by atoms with Gasteiger partial charge in [0.15, 0.2) is 0 Å². The first kappa shape index (κ1) is 17.6. The number of aromatic nitrogens is 1. The molecule has 1 unspecified atom stereocenters. The minimum atomic E-state index is -0.595. The fourth-order valence-electron chi connectivity index (χ4n) is 3.04. The van der Waals surface area contributed by atoms with Gasteiger partial charge in [0.2, 0.25) is 12.7 Å². The van der Waals surface area contributed by atoms with Crippen LogP contribution in [0.15, 0.2) is 30.5 Å². The normalized spacial score (nSPS) is 16.5. The molecule has 0 radical (unpaired) electrons. The van der Waals surface area contributed by atoms with E-state index in [-0.39, 0.29) is 24.1 Å². The molecular weight excluding hydrogens is 342 g/mol. The number of hydrogen-bond donors (Lipinski definition) is 0. The van der Waals surface area contributed by atoms with E-state index in [1.54, 1.807) is 12.1 Å². The molecule has 9 nitrogen and oxygen atoms in total. The van der Waals surface area contributed by atoms with Gasteiger partial charge in [-0.1, -0.05) is 0 Å². The summed E-state index contributed by atoms with van der Waals surface area (Å²) < 4.78 is 10.6. The molecule has 0 aliphatic carbocycles. The molecule has 3 rings (SSSR count). The number of benzene rings is 1. The van der Waals surface area contributed by atoms with Gasteiger partial charge in [0, 0.05) is 25.7 Å². The van der Waals surface area contributed by atoms with Crippen molar-refractivity contribution in [3.05, 3.63) is 40.6 Å². The summed E-state index contributed by atoms with van der Waals surface area (Å²) in [5, 5.41) is 11.4. The maximum Gasteiger partial charge on any atom is 0.331 e. The van der Waals surface area contributed by atoms with E-state index in [0.717, 1.165) is 6.42 Å². The van der Waals surface area contributed by atoms with E-state index >= 15 is 0 Å². The number of rotatable bonds is 5. The van der Waals surface area contributed by atoms with Crippen LogP contribution in [0, 0.1) is 10.1 Å². The summed E-state index contributed by atoms with van der Waals surface area (Å²) in [5.74, 6) is -0.429. The highest BCUT2D eigenvalue weighted by atomic mass is 16.7. The molecule has 1 aliphatic heterocycles. The molecule has 0 bridgehead atoms. The molecule has 1 aromatic carbocycles. The number of carbonyl (C=O) groups excluding carboxylic acids is 2. The van der Waals surface area contributed by atoms with Crippen molar-refractivity contribution in [2.45, 2.75) is 25.8 Å². The Bertz CT molecular complexity index is 869. The van der Waals surface area contributed by atoms with Crippen LogP contribution in [0.1, 0.15) is 19.8 Å². The third kappa shape index (κ3) is 3.41. The van der Waals surface area contributed by atoms with Gasteiger partial charge in [0.05, 0.1) is 10.3 Å². The van der Waals surface area contributed by atoms with Crippen molar-refractivity contribution >= 4 is 28.5 Å². The van der Waals surface area contributed by atoms with Crippen molar-refractivity contribution in [3.63, 3.8) is 0 Å². The summed E-state index contributed by atoms with van der Waals surface area (Å²) in [6, 6.07) is 5.30. The lowest BCUT2D eigenvalue weighted by molar-refractivity contribution is -0.383. The summed E-state index contributed by atoms with van der Waals surface area (Å²) in [7, 11) is 0. The molecule has 1 fully saturated rings. The van der Waals surface area contributed by atoms with Crippen LogP contribution in [0.4, 0.5) is 5.69 Å². The van der Waals surface area contributed by atoms with E-state index in [9.17, 15) is 19.7 Å². The number of nitro groups is 1. The minimum Gasteiger partial charge on any atom is -0.455 e. The maximum atomic E-state index is 12.2. The Morgan fingerprint density at radius 2 is 2.19 bits per heavy atom. The first-order chi connectivity index (χ1) is 12.5. The fraction of sp³-hybridized carbons (Fsp3) is 0.353. The van der Waals surface area contributed by atoms with E-state index in [1.807, 2.05) is 0 Å². The van der Waals surface area contributed by atoms with Gasteiger partial charge in [-0.15, -0.1) is 0 Å². The number of non-ortho nitro benzene ring substituents is 1. The maximum absolute atomic E-state index is 12.2. The Balaban J connectivity index is 1.69. The Labute approximate surface area is 148 Å². The fourth-order valence-corrected chi connectivity index (χ4v) is 3.04. The molecule has 136 valence electrons. The topological polar surface area (TPSA) is 112 Å². The first-order valence-corrected chi connectivity index (χ1v) is 8.08. The molecule has 1 amide bonds. The van der Waals surface area contributed by atoms with Crippen molar-refractivity contribution < 1.29 is 24.0 Å². The number of hydrogen-bond acceptors (Lipinski definition) is 7. The van der Waals surface area contributed by atoms with Gasteiger partial charge in [-0.05, 0) is 31.0 Å². The molecule has 1 aliphatic rings. The van der Waals surface area contributed by atoms with Crippen LogP contribution in [0.2, 0.25) is 0 Å². The quantitative estimate of drug-likeness (QED) is 0.347. The molecule has 0 saturated carbocycles. The lowest BCUT2D eigenvalue weighted by atomic mass is 10.1. The second kappa shape index (κ2) is 7.34. The standard InChI is InChI=1S/C17H17N3O6/c1-11(21)19-9-3-5-14(19)17(22)26-10-25-15-7-6-13(20(23)24)12-4-2-8-18-16(12)15/h2,4,6-8,14H,3,5,9-10H2,1H3. The van der Waals surface area contributed by atoms with Gasteiger partial charge in [-0.25, -0.2) is 4.79 Å². The summed E-state index contributed by atoms with van der Waals surface area (Å²) in [6.07, 6.45) is 2.80. The van der Waals surface area contributed by atoms with Gasteiger partial charge in [-0.2, -0.15) is 0 Å². The number of nitro benzene ring substituents is 1. The number of amides is 1. The van der Waals surface area contributed by atoms with Gasteiger partial charge in [0.25, 0.3) is 5.69 Å². The number of esters is 1. The van der Waals surface area contributed by atoms with E-state index < -0.39 is 16.9 Å². The molecule has 9 heteroatoms. The minimum absolute atomic E-state index is 0.0829. The SMILES string of the molecule is CC(=O)N1CCCC1C(=O)OCOc1ccc([N+](=O)[O-])c2cccnc12. The van der Waals surface area contributed by atoms with E-state index in [2.05, 4.69) is 4.98 Å². The zero-order chi connectivity index (χ0) is 18.7. The molecule has 1 atom stereocenters. The number of nitrogens with zero attached hydrogens (tertiary/aromatic N) is 3. The van der Waals surface area contributed by atoms with Crippen molar-refractivity contribution in [2.75, 3.05) is 13.3 Å². The Morgan fingerprint density at radius 1 is 1.38 bits per heavy atom. The van der Waals surface area contributed by atoms with Crippen LogP contribution in [0.5, 0.6) is 5.75 Å². The summed E-state index contributed by atoms with van der Waals surface area (Å²) in [5.41, 5.74) is 0.226. The van der Waals surface area contributed by atoms with Crippen LogP contribution >= 0.6 is 0 Å². The highest BCUT2D eigenvalue weighted by Crippen LogP contribution is 2.31.